The van der Waals surface area contributed by atoms with E-state index in [2.05, 4.69) is 0 Å². The van der Waals surface area contributed by atoms with Gasteiger partial charge in [-0.3, -0.25) is 4.79 Å². The Balaban J connectivity index is 1.98. The molecule has 1 amide bonds. The van der Waals surface area contributed by atoms with Crippen molar-refractivity contribution in [1.82, 2.24) is 4.90 Å². The molecule has 0 aromatic heterocycles. The van der Waals surface area contributed by atoms with Gasteiger partial charge >= 0.3 is 0 Å². The van der Waals surface area contributed by atoms with Crippen LogP contribution >= 0.6 is 0 Å². The minimum atomic E-state index is -0.607. The van der Waals surface area contributed by atoms with Crippen molar-refractivity contribution in [3.05, 3.63) is 54.1 Å². The van der Waals surface area contributed by atoms with Crippen molar-refractivity contribution in [2.45, 2.75) is 19.6 Å². The summed E-state index contributed by atoms with van der Waals surface area (Å²) >= 11 is 0. The summed E-state index contributed by atoms with van der Waals surface area (Å²) in [5, 5.41) is 0. The zero-order valence-corrected chi connectivity index (χ0v) is 14.5. The molecule has 0 radical (unpaired) electrons. The molecule has 0 aliphatic carbocycles. The van der Waals surface area contributed by atoms with Gasteiger partial charge in [-0.25, -0.2) is 0 Å². The number of carbonyl (C=O) groups is 1. The molecule has 0 bridgehead atoms. The minimum Gasteiger partial charge on any atom is -0.497 e. The third kappa shape index (κ3) is 4.41. The van der Waals surface area contributed by atoms with Crippen LogP contribution in [0.15, 0.2) is 48.5 Å². The van der Waals surface area contributed by atoms with E-state index in [9.17, 15) is 4.79 Å². The Kier molecular flexibility index (Phi) is 6.07. The van der Waals surface area contributed by atoms with Crippen molar-refractivity contribution in [3.63, 3.8) is 0 Å². The van der Waals surface area contributed by atoms with E-state index < -0.39 is 6.10 Å². The van der Waals surface area contributed by atoms with E-state index in [1.54, 1.807) is 45.2 Å². The van der Waals surface area contributed by atoms with Gasteiger partial charge < -0.3 is 19.1 Å². The normalized spacial score (nSPS) is 11.5. The maximum atomic E-state index is 12.5. The number of rotatable bonds is 7. The summed E-state index contributed by atoms with van der Waals surface area (Å²) in [6.45, 7) is 2.24. The Morgan fingerprint density at radius 1 is 1.00 bits per heavy atom. The summed E-state index contributed by atoms with van der Waals surface area (Å²) in [5.41, 5.74) is 1.02. The standard InChI is InChI=1S/C19H23NO4/c1-14(24-18-8-6-5-7-17(18)23-4)19(21)20(2)13-15-9-11-16(22-3)12-10-15/h5-12,14H,13H2,1-4H3/t14-/m0/s1. The van der Waals surface area contributed by atoms with Gasteiger partial charge in [0.05, 0.1) is 14.2 Å². The lowest BCUT2D eigenvalue weighted by atomic mass is 10.2. The number of ether oxygens (including phenoxy) is 3. The van der Waals surface area contributed by atoms with Crippen LogP contribution in [-0.2, 0) is 11.3 Å². The number of benzene rings is 2. The van der Waals surface area contributed by atoms with Gasteiger partial charge in [0, 0.05) is 13.6 Å². The first-order valence-corrected chi connectivity index (χ1v) is 7.72. The zero-order chi connectivity index (χ0) is 17.5. The van der Waals surface area contributed by atoms with Gasteiger partial charge in [-0.1, -0.05) is 24.3 Å². The number of amides is 1. The molecule has 2 aromatic rings. The van der Waals surface area contributed by atoms with Crippen LogP contribution in [-0.4, -0.2) is 38.2 Å². The van der Waals surface area contributed by atoms with Crippen LogP contribution < -0.4 is 14.2 Å². The van der Waals surface area contributed by atoms with E-state index in [0.29, 0.717) is 18.0 Å². The van der Waals surface area contributed by atoms with Gasteiger partial charge in [0.1, 0.15) is 5.75 Å². The molecule has 0 aliphatic rings. The van der Waals surface area contributed by atoms with Crippen molar-refractivity contribution < 1.29 is 19.0 Å². The highest BCUT2D eigenvalue weighted by atomic mass is 16.5. The fourth-order valence-corrected chi connectivity index (χ4v) is 2.35. The second kappa shape index (κ2) is 8.24. The summed E-state index contributed by atoms with van der Waals surface area (Å²) in [4.78, 5) is 14.2. The van der Waals surface area contributed by atoms with E-state index in [-0.39, 0.29) is 5.91 Å². The van der Waals surface area contributed by atoms with E-state index >= 15 is 0 Å². The number of hydrogen-bond acceptors (Lipinski definition) is 4. The molecular weight excluding hydrogens is 306 g/mol. The molecule has 0 heterocycles. The largest absolute Gasteiger partial charge is 0.497 e. The zero-order valence-electron chi connectivity index (χ0n) is 14.5. The first-order valence-electron chi connectivity index (χ1n) is 7.72. The molecule has 2 aromatic carbocycles. The van der Waals surface area contributed by atoms with Gasteiger partial charge in [-0.15, -0.1) is 0 Å². The van der Waals surface area contributed by atoms with Crippen molar-refractivity contribution in [2.75, 3.05) is 21.3 Å². The lowest BCUT2D eigenvalue weighted by molar-refractivity contribution is -0.137. The third-order valence-electron chi connectivity index (χ3n) is 3.68. The van der Waals surface area contributed by atoms with Crippen molar-refractivity contribution in [2.24, 2.45) is 0 Å². The van der Waals surface area contributed by atoms with Crippen LogP contribution in [0.1, 0.15) is 12.5 Å². The predicted octanol–water partition coefficient (Wildman–Crippen LogP) is 3.13. The van der Waals surface area contributed by atoms with Crippen LogP contribution in [0.4, 0.5) is 0 Å². The summed E-state index contributed by atoms with van der Waals surface area (Å²) < 4.78 is 16.1. The predicted molar refractivity (Wildman–Crippen MR) is 92.6 cm³/mol. The van der Waals surface area contributed by atoms with Crippen LogP contribution in [0.3, 0.4) is 0 Å². The molecule has 2 rings (SSSR count). The molecule has 1 atom stereocenters. The topological polar surface area (TPSA) is 48.0 Å². The van der Waals surface area contributed by atoms with Gasteiger partial charge in [-0.2, -0.15) is 0 Å². The van der Waals surface area contributed by atoms with Crippen LogP contribution in [0, 0.1) is 0 Å². The minimum absolute atomic E-state index is 0.100. The first-order chi connectivity index (χ1) is 11.5. The monoisotopic (exact) mass is 329 g/mol. The summed E-state index contributed by atoms with van der Waals surface area (Å²) in [6, 6.07) is 14.9. The fourth-order valence-electron chi connectivity index (χ4n) is 2.35. The highest BCUT2D eigenvalue weighted by molar-refractivity contribution is 5.80. The number of methoxy groups -OCH3 is 2. The summed E-state index contributed by atoms with van der Waals surface area (Å²) in [7, 11) is 4.96. The van der Waals surface area contributed by atoms with E-state index in [4.69, 9.17) is 14.2 Å². The molecular formula is C19H23NO4. The van der Waals surface area contributed by atoms with Gasteiger partial charge in [0.25, 0.3) is 5.91 Å². The molecule has 0 fully saturated rings. The number of nitrogens with zero attached hydrogens (tertiary/aromatic N) is 1. The molecule has 0 saturated heterocycles. The van der Waals surface area contributed by atoms with Gasteiger partial charge in [0.2, 0.25) is 0 Å². The average Bonchev–Trinajstić information content (AvgIpc) is 2.62. The molecule has 5 heteroatoms. The maximum absolute atomic E-state index is 12.5. The summed E-state index contributed by atoms with van der Waals surface area (Å²) in [5.74, 6) is 1.85. The molecule has 24 heavy (non-hydrogen) atoms. The quantitative estimate of drug-likeness (QED) is 0.783. The Bertz CT molecular complexity index is 669. The first kappa shape index (κ1) is 17.7. The molecule has 0 N–H and O–H groups in total. The second-order valence-electron chi connectivity index (χ2n) is 5.45. The third-order valence-corrected chi connectivity index (χ3v) is 3.68. The highest BCUT2D eigenvalue weighted by Crippen LogP contribution is 2.27. The van der Waals surface area contributed by atoms with Crippen molar-refractivity contribution in [3.8, 4) is 17.2 Å². The molecule has 0 aliphatic heterocycles. The molecule has 0 spiro atoms. The lowest BCUT2D eigenvalue weighted by Gasteiger charge is -2.23. The van der Waals surface area contributed by atoms with E-state index in [0.717, 1.165) is 11.3 Å². The Hall–Kier alpha value is -2.69. The lowest BCUT2D eigenvalue weighted by Crippen LogP contribution is -2.37. The van der Waals surface area contributed by atoms with Crippen LogP contribution in [0.25, 0.3) is 0 Å². The van der Waals surface area contributed by atoms with Crippen molar-refractivity contribution in [1.29, 1.82) is 0 Å². The maximum Gasteiger partial charge on any atom is 0.263 e. The molecule has 128 valence electrons. The van der Waals surface area contributed by atoms with Gasteiger partial charge in [-0.05, 0) is 36.8 Å². The Morgan fingerprint density at radius 3 is 2.21 bits per heavy atom. The SMILES string of the molecule is COc1ccc(CN(C)C(=O)[C@H](C)Oc2ccccc2OC)cc1. The Labute approximate surface area is 142 Å². The molecule has 0 saturated carbocycles. The van der Waals surface area contributed by atoms with E-state index in [1.807, 2.05) is 36.4 Å². The fraction of sp³-hybridized carbons (Fsp3) is 0.316. The van der Waals surface area contributed by atoms with E-state index in [1.165, 1.54) is 0 Å². The van der Waals surface area contributed by atoms with Gasteiger partial charge in [0.15, 0.2) is 17.6 Å². The molecule has 5 nitrogen and oxygen atoms in total. The smallest absolute Gasteiger partial charge is 0.263 e. The second-order valence-corrected chi connectivity index (χ2v) is 5.45. The Morgan fingerprint density at radius 2 is 1.62 bits per heavy atom. The van der Waals surface area contributed by atoms with Crippen molar-refractivity contribution >= 4 is 5.91 Å². The summed E-state index contributed by atoms with van der Waals surface area (Å²) in [6.07, 6.45) is -0.607. The number of para-hydroxylation sites is 2. The number of hydrogen-bond donors (Lipinski definition) is 0. The number of likely N-dealkylation sites (N-methyl/N-ethyl adjacent to an activating group) is 1. The number of carbonyl (C=O) groups excluding carboxylic acids is 1. The highest BCUT2D eigenvalue weighted by Gasteiger charge is 2.20. The van der Waals surface area contributed by atoms with Crippen LogP contribution in [0.2, 0.25) is 0 Å². The van der Waals surface area contributed by atoms with Crippen LogP contribution in [0.5, 0.6) is 17.2 Å². The molecule has 0 unspecified atom stereocenters. The average molecular weight is 329 g/mol.